The molecule has 3 N–H and O–H groups in total. The van der Waals surface area contributed by atoms with Crippen molar-refractivity contribution >= 4 is 29.7 Å². The first kappa shape index (κ1) is 41.6. The lowest BCUT2D eigenvalue weighted by Crippen LogP contribution is -2.44. The van der Waals surface area contributed by atoms with E-state index in [1.165, 1.54) is 44.9 Å². The average molecular weight is 661 g/mol. The molecule has 0 heterocycles. The second-order valence-electron chi connectivity index (χ2n) is 14.3. The van der Waals surface area contributed by atoms with Gasteiger partial charge in [-0.15, -0.1) is 0 Å². The largest absolute Gasteiger partial charge is 0.481 e. The lowest BCUT2D eigenvalue weighted by Gasteiger charge is -2.24. The number of aliphatic carboxylic acids is 1. The van der Waals surface area contributed by atoms with Gasteiger partial charge < -0.3 is 25.2 Å². The standard InChI is InChI=1S/C37H60N2O8/c1-36(2,3)46-33(43)20-18-16-14-12-10-8-7-9-11-13-15-17-19-31(40)38-27-28-21-23-29(24-22-28)34(44)39-30(25-26-32(41)42)35(45)47-37(4,5)6/h21-24,30H,7-20,25-27H2,1-6H3,(H,38,40)(H,39,44)(H,41,42)/t30-/m1/s1. The number of hydrogen-bond donors (Lipinski definition) is 3. The number of carbonyl (C=O) groups excluding carboxylic acids is 4. The van der Waals surface area contributed by atoms with E-state index in [0.717, 1.165) is 37.7 Å². The highest BCUT2D eigenvalue weighted by molar-refractivity contribution is 5.97. The van der Waals surface area contributed by atoms with Crippen LogP contribution in [-0.2, 0) is 35.2 Å². The van der Waals surface area contributed by atoms with Gasteiger partial charge in [0.05, 0.1) is 0 Å². The Balaban J connectivity index is 2.17. The summed E-state index contributed by atoms with van der Waals surface area (Å²) in [5.74, 6) is -2.36. The third-order valence-corrected chi connectivity index (χ3v) is 7.30. The second-order valence-corrected chi connectivity index (χ2v) is 14.3. The summed E-state index contributed by atoms with van der Waals surface area (Å²) in [6.07, 6.45) is 14.2. The van der Waals surface area contributed by atoms with Crippen LogP contribution in [0.15, 0.2) is 24.3 Å². The van der Waals surface area contributed by atoms with Crippen molar-refractivity contribution in [1.82, 2.24) is 10.6 Å². The molecule has 0 radical (unpaired) electrons. The Labute approximate surface area is 282 Å². The van der Waals surface area contributed by atoms with Crippen molar-refractivity contribution in [2.75, 3.05) is 0 Å². The number of rotatable bonds is 23. The third-order valence-electron chi connectivity index (χ3n) is 7.30. The Morgan fingerprint density at radius 3 is 1.60 bits per heavy atom. The van der Waals surface area contributed by atoms with Crippen molar-refractivity contribution < 1.29 is 38.6 Å². The van der Waals surface area contributed by atoms with Gasteiger partial charge in [0.2, 0.25) is 5.91 Å². The number of carboxylic acids is 1. The minimum absolute atomic E-state index is 0.00320. The van der Waals surface area contributed by atoms with Crippen molar-refractivity contribution in [3.05, 3.63) is 35.4 Å². The van der Waals surface area contributed by atoms with Crippen molar-refractivity contribution in [3.63, 3.8) is 0 Å². The Kier molecular flexibility index (Phi) is 19.6. The Hall–Kier alpha value is -3.43. The number of ether oxygens (including phenoxy) is 2. The van der Waals surface area contributed by atoms with Gasteiger partial charge in [0.25, 0.3) is 5.91 Å². The van der Waals surface area contributed by atoms with Crippen LogP contribution in [0.25, 0.3) is 0 Å². The molecule has 266 valence electrons. The topological polar surface area (TPSA) is 148 Å². The van der Waals surface area contributed by atoms with Crippen LogP contribution in [0.5, 0.6) is 0 Å². The molecule has 0 aliphatic rings. The van der Waals surface area contributed by atoms with Gasteiger partial charge >= 0.3 is 17.9 Å². The fourth-order valence-corrected chi connectivity index (χ4v) is 4.91. The summed E-state index contributed by atoms with van der Waals surface area (Å²) in [6.45, 7) is 11.1. The molecule has 1 aromatic carbocycles. The number of amides is 2. The first-order chi connectivity index (χ1) is 22.1. The van der Waals surface area contributed by atoms with Crippen molar-refractivity contribution in [2.24, 2.45) is 0 Å². The van der Waals surface area contributed by atoms with Crippen LogP contribution in [-0.4, -0.2) is 52.1 Å². The van der Waals surface area contributed by atoms with Crippen molar-refractivity contribution in [1.29, 1.82) is 0 Å². The number of benzene rings is 1. The van der Waals surface area contributed by atoms with E-state index in [9.17, 15) is 24.0 Å². The number of carbonyl (C=O) groups is 5. The van der Waals surface area contributed by atoms with Gasteiger partial charge in [0.15, 0.2) is 0 Å². The number of unbranched alkanes of at least 4 members (excludes halogenated alkanes) is 11. The van der Waals surface area contributed by atoms with Gasteiger partial charge in [-0.25, -0.2) is 4.79 Å². The molecular formula is C37H60N2O8. The zero-order valence-electron chi connectivity index (χ0n) is 29.7. The fraction of sp³-hybridized carbons (Fsp3) is 0.703. The molecular weight excluding hydrogens is 600 g/mol. The summed E-state index contributed by atoms with van der Waals surface area (Å²) in [6, 6.07) is 5.61. The minimum Gasteiger partial charge on any atom is -0.481 e. The summed E-state index contributed by atoms with van der Waals surface area (Å²) in [5, 5.41) is 14.5. The molecule has 0 bridgehead atoms. The van der Waals surface area contributed by atoms with Gasteiger partial charge in [0, 0.05) is 31.4 Å². The van der Waals surface area contributed by atoms with Gasteiger partial charge in [0.1, 0.15) is 17.2 Å². The van der Waals surface area contributed by atoms with E-state index in [0.29, 0.717) is 24.9 Å². The lowest BCUT2D eigenvalue weighted by atomic mass is 10.0. The van der Waals surface area contributed by atoms with Crippen LogP contribution in [0.2, 0.25) is 0 Å². The van der Waals surface area contributed by atoms with E-state index < -0.39 is 35.1 Å². The zero-order chi connectivity index (χ0) is 35.3. The van der Waals surface area contributed by atoms with Crippen LogP contribution < -0.4 is 10.6 Å². The van der Waals surface area contributed by atoms with Crippen molar-refractivity contribution in [3.8, 4) is 0 Å². The molecule has 0 spiro atoms. The molecule has 1 rings (SSSR count). The molecule has 0 aliphatic heterocycles. The second kappa shape index (κ2) is 22.2. The zero-order valence-corrected chi connectivity index (χ0v) is 29.7. The van der Waals surface area contributed by atoms with E-state index >= 15 is 0 Å². The van der Waals surface area contributed by atoms with Crippen LogP contribution in [0.4, 0.5) is 0 Å². The van der Waals surface area contributed by atoms with E-state index in [4.69, 9.17) is 14.6 Å². The van der Waals surface area contributed by atoms with Crippen LogP contribution in [0, 0.1) is 0 Å². The lowest BCUT2D eigenvalue weighted by molar-refractivity contribution is -0.158. The first-order valence-corrected chi connectivity index (χ1v) is 17.4. The molecule has 0 saturated heterocycles. The van der Waals surface area contributed by atoms with Crippen LogP contribution in [0.1, 0.15) is 160 Å². The molecule has 10 nitrogen and oxygen atoms in total. The fourth-order valence-electron chi connectivity index (χ4n) is 4.91. The molecule has 2 amide bonds. The Bertz CT molecular complexity index is 1100. The molecule has 0 aromatic heterocycles. The van der Waals surface area contributed by atoms with E-state index in [2.05, 4.69) is 10.6 Å². The highest BCUT2D eigenvalue weighted by Gasteiger charge is 2.27. The number of nitrogens with one attached hydrogen (secondary N) is 2. The molecule has 0 saturated carbocycles. The first-order valence-electron chi connectivity index (χ1n) is 17.4. The molecule has 10 heteroatoms. The van der Waals surface area contributed by atoms with Crippen LogP contribution >= 0.6 is 0 Å². The highest BCUT2D eigenvalue weighted by Crippen LogP contribution is 2.15. The molecule has 0 aliphatic carbocycles. The van der Waals surface area contributed by atoms with E-state index in [1.807, 2.05) is 20.8 Å². The van der Waals surface area contributed by atoms with Gasteiger partial charge in [-0.05, 0) is 78.5 Å². The highest BCUT2D eigenvalue weighted by atomic mass is 16.6. The maximum absolute atomic E-state index is 12.7. The number of carboxylic acid groups (broad SMARTS) is 1. The summed E-state index contributed by atoms with van der Waals surface area (Å²) in [7, 11) is 0. The summed E-state index contributed by atoms with van der Waals surface area (Å²) >= 11 is 0. The minimum atomic E-state index is -1.08. The Morgan fingerprint density at radius 1 is 0.660 bits per heavy atom. The van der Waals surface area contributed by atoms with E-state index in [1.54, 1.807) is 45.0 Å². The number of esters is 2. The summed E-state index contributed by atoms with van der Waals surface area (Å²) in [5.41, 5.74) is -0.0210. The molecule has 47 heavy (non-hydrogen) atoms. The summed E-state index contributed by atoms with van der Waals surface area (Å²) in [4.78, 5) is 60.3. The third kappa shape index (κ3) is 22.7. The quantitative estimate of drug-likeness (QED) is 0.0812. The maximum atomic E-state index is 12.7. The Morgan fingerprint density at radius 2 is 1.13 bits per heavy atom. The molecule has 1 aromatic rings. The molecule has 0 unspecified atom stereocenters. The summed E-state index contributed by atoms with van der Waals surface area (Å²) < 4.78 is 10.7. The molecule has 0 fully saturated rings. The molecule has 1 atom stereocenters. The van der Waals surface area contributed by atoms with Crippen molar-refractivity contribution in [2.45, 2.75) is 168 Å². The van der Waals surface area contributed by atoms with E-state index in [-0.39, 0.29) is 24.7 Å². The average Bonchev–Trinajstić information content (AvgIpc) is 2.96. The predicted molar refractivity (Wildman–Crippen MR) is 183 cm³/mol. The van der Waals surface area contributed by atoms with Crippen LogP contribution in [0.3, 0.4) is 0 Å². The van der Waals surface area contributed by atoms with Gasteiger partial charge in [-0.2, -0.15) is 0 Å². The smallest absolute Gasteiger partial charge is 0.329 e. The SMILES string of the molecule is CC(C)(C)OC(=O)CCCCCCCCCCCCCCC(=O)NCc1ccc(C(=O)N[C@H](CCC(=O)O)C(=O)OC(C)(C)C)cc1. The monoisotopic (exact) mass is 660 g/mol. The number of hydrogen-bond acceptors (Lipinski definition) is 7. The normalized spacial score (nSPS) is 12.2. The van der Waals surface area contributed by atoms with Gasteiger partial charge in [-0.1, -0.05) is 76.3 Å². The van der Waals surface area contributed by atoms with Gasteiger partial charge in [-0.3, -0.25) is 19.2 Å². The predicted octanol–water partition coefficient (Wildman–Crippen LogP) is 7.41. The maximum Gasteiger partial charge on any atom is 0.329 e.